The monoisotopic (exact) mass is 405 g/mol. The van der Waals surface area contributed by atoms with Gasteiger partial charge >= 0.3 is 0 Å². The number of nitrogens with one attached hydrogen (secondary N) is 1. The molecule has 0 saturated heterocycles. The third-order valence-electron chi connectivity index (χ3n) is 3.88. The summed E-state index contributed by atoms with van der Waals surface area (Å²) in [6.07, 6.45) is 3.42. The molecule has 0 aliphatic carbocycles. The van der Waals surface area contributed by atoms with E-state index in [1.165, 1.54) is 31.6 Å². The van der Waals surface area contributed by atoms with Gasteiger partial charge in [0.25, 0.3) is 0 Å². The molecule has 0 spiro atoms. The molecule has 0 radical (unpaired) electrons. The molecular weight excluding hydrogens is 386 g/mol. The Morgan fingerprint density at radius 1 is 1.19 bits per heavy atom. The first-order valence-corrected chi connectivity index (χ1v) is 10.3. The number of hydrogen-bond donors (Lipinski definition) is 1. The van der Waals surface area contributed by atoms with Crippen molar-refractivity contribution in [1.29, 1.82) is 0 Å². The van der Waals surface area contributed by atoms with E-state index in [1.807, 2.05) is 19.1 Å². The maximum atomic E-state index is 12.8. The summed E-state index contributed by atoms with van der Waals surface area (Å²) in [6, 6.07) is 8.39. The number of thiazole rings is 1. The summed E-state index contributed by atoms with van der Waals surface area (Å²) in [6.45, 7) is 1.98. The fourth-order valence-corrected chi connectivity index (χ4v) is 4.70. The topological polar surface area (TPSA) is 90.4 Å². The highest BCUT2D eigenvalue weighted by Crippen LogP contribution is 2.30. The van der Waals surface area contributed by atoms with Crippen LogP contribution in [0.1, 0.15) is 10.6 Å². The Balaban J connectivity index is 1.83. The van der Waals surface area contributed by atoms with Crippen molar-refractivity contribution in [3.63, 3.8) is 0 Å². The molecule has 142 valence electrons. The van der Waals surface area contributed by atoms with E-state index in [0.29, 0.717) is 5.75 Å². The minimum atomic E-state index is -3.79. The second-order valence-corrected chi connectivity index (χ2v) is 8.43. The number of pyridine rings is 1. The number of ether oxygens (including phenoxy) is 2. The highest BCUT2D eigenvalue weighted by molar-refractivity contribution is 7.89. The molecule has 0 unspecified atom stereocenters. The molecule has 0 bridgehead atoms. The van der Waals surface area contributed by atoms with Gasteiger partial charge in [0.2, 0.25) is 10.0 Å². The number of hydrogen-bond acceptors (Lipinski definition) is 7. The highest BCUT2D eigenvalue weighted by atomic mass is 32.2. The minimum absolute atomic E-state index is 0.0269. The van der Waals surface area contributed by atoms with Gasteiger partial charge in [-0.05, 0) is 31.2 Å². The molecule has 2 heterocycles. The second kappa shape index (κ2) is 8.03. The molecule has 0 saturated carbocycles. The second-order valence-electron chi connectivity index (χ2n) is 5.61. The van der Waals surface area contributed by atoms with E-state index in [-0.39, 0.29) is 17.2 Å². The van der Waals surface area contributed by atoms with Gasteiger partial charge in [-0.2, -0.15) is 0 Å². The molecule has 2 aromatic heterocycles. The Morgan fingerprint density at radius 3 is 2.67 bits per heavy atom. The zero-order valence-corrected chi connectivity index (χ0v) is 16.7. The van der Waals surface area contributed by atoms with Crippen LogP contribution in [-0.2, 0) is 16.6 Å². The first-order chi connectivity index (χ1) is 12.9. The van der Waals surface area contributed by atoms with Gasteiger partial charge < -0.3 is 9.47 Å². The van der Waals surface area contributed by atoms with Gasteiger partial charge in [0.1, 0.15) is 21.4 Å². The van der Waals surface area contributed by atoms with Crippen LogP contribution in [0.4, 0.5) is 0 Å². The predicted molar refractivity (Wildman–Crippen MR) is 104 cm³/mol. The minimum Gasteiger partial charge on any atom is -0.497 e. The SMILES string of the molecule is COc1ccc(OC)c(S(=O)(=O)NCc2sc(-c3cccnc3)nc2C)c1. The van der Waals surface area contributed by atoms with Gasteiger partial charge in [-0.25, -0.2) is 18.1 Å². The van der Waals surface area contributed by atoms with Gasteiger partial charge in [-0.1, -0.05) is 0 Å². The van der Waals surface area contributed by atoms with Crippen molar-refractivity contribution in [3.05, 3.63) is 53.3 Å². The van der Waals surface area contributed by atoms with E-state index in [4.69, 9.17) is 9.47 Å². The lowest BCUT2D eigenvalue weighted by molar-refractivity contribution is 0.392. The van der Waals surface area contributed by atoms with Crippen molar-refractivity contribution < 1.29 is 17.9 Å². The van der Waals surface area contributed by atoms with Crippen LogP contribution >= 0.6 is 11.3 Å². The lowest BCUT2D eigenvalue weighted by Gasteiger charge is -2.11. The van der Waals surface area contributed by atoms with E-state index in [9.17, 15) is 8.42 Å². The van der Waals surface area contributed by atoms with Crippen LogP contribution in [0.2, 0.25) is 0 Å². The molecule has 3 aromatic rings. The van der Waals surface area contributed by atoms with Crippen molar-refractivity contribution in [2.24, 2.45) is 0 Å². The van der Waals surface area contributed by atoms with E-state index >= 15 is 0 Å². The largest absolute Gasteiger partial charge is 0.497 e. The zero-order valence-electron chi connectivity index (χ0n) is 15.1. The summed E-state index contributed by atoms with van der Waals surface area (Å²) in [7, 11) is -0.891. The Hall–Kier alpha value is -2.49. The summed E-state index contributed by atoms with van der Waals surface area (Å²) < 4.78 is 38.5. The molecule has 0 atom stereocenters. The molecule has 0 aliphatic heterocycles. The Kier molecular flexibility index (Phi) is 5.73. The Morgan fingerprint density at radius 2 is 2.00 bits per heavy atom. The van der Waals surface area contributed by atoms with Crippen LogP contribution in [0.25, 0.3) is 10.6 Å². The van der Waals surface area contributed by atoms with Gasteiger partial charge in [-0.15, -0.1) is 11.3 Å². The number of nitrogens with zero attached hydrogens (tertiary/aromatic N) is 2. The van der Waals surface area contributed by atoms with Crippen LogP contribution in [0.3, 0.4) is 0 Å². The van der Waals surface area contributed by atoms with E-state index in [2.05, 4.69) is 14.7 Å². The van der Waals surface area contributed by atoms with Gasteiger partial charge in [0, 0.05) is 35.4 Å². The quantitative estimate of drug-likeness (QED) is 0.650. The van der Waals surface area contributed by atoms with E-state index < -0.39 is 10.0 Å². The fraction of sp³-hybridized carbons (Fsp3) is 0.222. The van der Waals surface area contributed by atoms with E-state index in [0.717, 1.165) is 21.1 Å². The predicted octanol–water partition coefficient (Wildman–Crippen LogP) is 3.01. The van der Waals surface area contributed by atoms with Gasteiger partial charge in [0.15, 0.2) is 0 Å². The molecule has 9 heteroatoms. The zero-order chi connectivity index (χ0) is 19.4. The molecular formula is C18H19N3O4S2. The van der Waals surface area contributed by atoms with Crippen molar-refractivity contribution in [2.45, 2.75) is 18.4 Å². The summed E-state index contributed by atoms with van der Waals surface area (Å²) >= 11 is 1.43. The number of aromatic nitrogens is 2. The summed E-state index contributed by atoms with van der Waals surface area (Å²) in [5, 5.41) is 0.800. The molecule has 0 fully saturated rings. The van der Waals surface area contributed by atoms with Crippen LogP contribution in [0.15, 0.2) is 47.6 Å². The summed E-state index contributed by atoms with van der Waals surface area (Å²) in [4.78, 5) is 9.46. The molecule has 7 nitrogen and oxygen atoms in total. The van der Waals surface area contributed by atoms with Gasteiger partial charge in [-0.3, -0.25) is 4.98 Å². The molecule has 1 aromatic carbocycles. The third kappa shape index (κ3) is 4.26. The van der Waals surface area contributed by atoms with Crippen molar-refractivity contribution in [2.75, 3.05) is 14.2 Å². The average Bonchev–Trinajstić information content (AvgIpc) is 3.07. The maximum Gasteiger partial charge on any atom is 0.244 e. The molecule has 3 rings (SSSR count). The number of aryl methyl sites for hydroxylation is 1. The van der Waals surface area contributed by atoms with Crippen LogP contribution < -0.4 is 14.2 Å². The van der Waals surface area contributed by atoms with Gasteiger partial charge in [0.05, 0.1) is 19.9 Å². The van der Waals surface area contributed by atoms with Crippen LogP contribution in [0.5, 0.6) is 11.5 Å². The number of benzene rings is 1. The maximum absolute atomic E-state index is 12.8. The lowest BCUT2D eigenvalue weighted by Crippen LogP contribution is -2.23. The Labute approximate surface area is 162 Å². The first-order valence-electron chi connectivity index (χ1n) is 8.03. The molecule has 0 aliphatic rings. The third-order valence-corrected chi connectivity index (χ3v) is 6.51. The van der Waals surface area contributed by atoms with Crippen LogP contribution in [0, 0.1) is 6.92 Å². The number of rotatable bonds is 7. The average molecular weight is 406 g/mol. The van der Waals surface area contributed by atoms with Crippen LogP contribution in [-0.4, -0.2) is 32.6 Å². The van der Waals surface area contributed by atoms with E-state index in [1.54, 1.807) is 24.5 Å². The standard InChI is InChI=1S/C18H19N3O4S2/c1-12-16(26-18(21-12)13-5-4-8-19-10-13)11-20-27(22,23)17-9-14(24-2)6-7-15(17)25-3/h4-10,20H,11H2,1-3H3. The van der Waals surface area contributed by atoms with Crippen molar-refractivity contribution in [1.82, 2.24) is 14.7 Å². The lowest BCUT2D eigenvalue weighted by atomic mass is 10.3. The highest BCUT2D eigenvalue weighted by Gasteiger charge is 2.21. The summed E-state index contributed by atoms with van der Waals surface area (Å²) in [5.41, 5.74) is 1.67. The molecule has 0 amide bonds. The normalized spacial score (nSPS) is 11.4. The summed E-state index contributed by atoms with van der Waals surface area (Å²) in [5.74, 6) is 0.685. The smallest absolute Gasteiger partial charge is 0.244 e. The van der Waals surface area contributed by atoms with Crippen molar-refractivity contribution >= 4 is 21.4 Å². The molecule has 27 heavy (non-hydrogen) atoms. The Bertz CT molecular complexity index is 1030. The number of sulfonamides is 1. The van der Waals surface area contributed by atoms with Crippen molar-refractivity contribution in [3.8, 4) is 22.1 Å². The number of methoxy groups -OCH3 is 2. The fourth-order valence-electron chi connectivity index (χ4n) is 2.44. The first kappa shape index (κ1) is 19.3. The molecule has 1 N–H and O–H groups in total.